The van der Waals surface area contributed by atoms with Gasteiger partial charge in [0.05, 0.1) is 12.2 Å². The Morgan fingerprint density at radius 3 is 2.27 bits per heavy atom. The van der Waals surface area contributed by atoms with Crippen LogP contribution in [-0.4, -0.2) is 56.1 Å². The number of aromatic nitrogens is 1. The number of piperidine rings is 1. The molecule has 1 aromatic carbocycles. The van der Waals surface area contributed by atoms with Crippen molar-refractivity contribution < 1.29 is 13.2 Å². The maximum atomic E-state index is 13.1. The molecule has 30 heavy (non-hydrogen) atoms. The average molecular weight is 430 g/mol. The van der Waals surface area contributed by atoms with Crippen molar-refractivity contribution in [1.29, 1.82) is 0 Å². The summed E-state index contributed by atoms with van der Waals surface area (Å²) in [6.07, 6.45) is 4.58. The monoisotopic (exact) mass is 429 g/mol. The number of anilines is 1. The van der Waals surface area contributed by atoms with Gasteiger partial charge in [0.25, 0.3) is 0 Å². The highest BCUT2D eigenvalue weighted by atomic mass is 32.2. The van der Waals surface area contributed by atoms with Crippen LogP contribution in [0.25, 0.3) is 0 Å². The van der Waals surface area contributed by atoms with Crippen LogP contribution in [0.5, 0.6) is 0 Å². The molecule has 2 fully saturated rings. The highest BCUT2D eigenvalue weighted by molar-refractivity contribution is 7.89. The second-order valence-electron chi connectivity index (χ2n) is 8.55. The fourth-order valence-electron chi connectivity index (χ4n) is 4.53. The average Bonchev–Trinajstić information content (AvgIpc) is 2.74. The number of morpholine rings is 1. The number of hydrogen-bond donors (Lipinski definition) is 0. The van der Waals surface area contributed by atoms with Gasteiger partial charge in [0.2, 0.25) is 10.0 Å². The molecule has 0 spiro atoms. The highest BCUT2D eigenvalue weighted by Crippen LogP contribution is 2.27. The summed E-state index contributed by atoms with van der Waals surface area (Å²) in [4.78, 5) is 6.90. The van der Waals surface area contributed by atoms with Crippen LogP contribution in [-0.2, 0) is 21.2 Å². The van der Waals surface area contributed by atoms with Crippen LogP contribution in [0, 0.1) is 5.92 Å². The smallest absolute Gasteiger partial charge is 0.244 e. The van der Waals surface area contributed by atoms with Gasteiger partial charge in [-0.2, -0.15) is 4.31 Å². The van der Waals surface area contributed by atoms with Crippen LogP contribution in [0.2, 0.25) is 0 Å². The summed E-state index contributed by atoms with van der Waals surface area (Å²) in [5.74, 6) is 1.34. The topological polar surface area (TPSA) is 62.7 Å². The van der Waals surface area contributed by atoms with Gasteiger partial charge < -0.3 is 9.64 Å². The molecule has 0 aliphatic carbocycles. The molecule has 4 rings (SSSR count). The molecular formula is C23H31N3O3S. The molecule has 3 heterocycles. The fraction of sp³-hybridized carbons (Fsp3) is 0.522. The van der Waals surface area contributed by atoms with E-state index >= 15 is 0 Å². The van der Waals surface area contributed by atoms with Gasteiger partial charge >= 0.3 is 0 Å². The van der Waals surface area contributed by atoms with Crippen molar-refractivity contribution in [3.8, 4) is 0 Å². The first-order chi connectivity index (χ1) is 14.4. The van der Waals surface area contributed by atoms with Gasteiger partial charge in [0.15, 0.2) is 0 Å². The molecule has 0 amide bonds. The first-order valence-corrected chi connectivity index (χ1v) is 12.3. The molecule has 0 N–H and O–H groups in total. The van der Waals surface area contributed by atoms with Crippen LogP contribution in [0.15, 0.2) is 53.6 Å². The van der Waals surface area contributed by atoms with E-state index in [4.69, 9.17) is 4.74 Å². The summed E-state index contributed by atoms with van der Waals surface area (Å²) >= 11 is 0. The van der Waals surface area contributed by atoms with Crippen molar-refractivity contribution in [3.63, 3.8) is 0 Å². The standard InChI is InChI=1S/C23H31N3O3S/c1-18-16-25(17-19(2)29-18)23-9-8-22(15-24-23)30(27,28)26-12-10-21(11-13-26)14-20-6-4-3-5-7-20/h3-9,15,18-19,21H,10-14,16-17H2,1-2H3. The molecule has 162 valence electrons. The Hall–Kier alpha value is -1.96. The molecule has 0 saturated carbocycles. The minimum absolute atomic E-state index is 0.135. The summed E-state index contributed by atoms with van der Waals surface area (Å²) in [5, 5.41) is 0. The second-order valence-corrected chi connectivity index (χ2v) is 10.5. The summed E-state index contributed by atoms with van der Waals surface area (Å²) in [5.41, 5.74) is 1.32. The third-order valence-corrected chi connectivity index (χ3v) is 7.93. The molecule has 2 aliphatic heterocycles. The minimum Gasteiger partial charge on any atom is -0.372 e. The van der Waals surface area contributed by atoms with Crippen LogP contribution in [0.3, 0.4) is 0 Å². The number of sulfonamides is 1. The van der Waals surface area contributed by atoms with Crippen molar-refractivity contribution >= 4 is 15.8 Å². The number of rotatable bonds is 5. The summed E-state index contributed by atoms with van der Waals surface area (Å²) < 4.78 is 33.6. The molecule has 2 atom stereocenters. The van der Waals surface area contributed by atoms with E-state index in [0.29, 0.717) is 19.0 Å². The van der Waals surface area contributed by atoms with Gasteiger partial charge in [-0.3, -0.25) is 0 Å². The van der Waals surface area contributed by atoms with E-state index in [1.807, 2.05) is 26.0 Å². The lowest BCUT2D eigenvalue weighted by Crippen LogP contribution is -2.45. The minimum atomic E-state index is -3.50. The number of pyridine rings is 1. The Labute approximate surface area is 179 Å². The highest BCUT2D eigenvalue weighted by Gasteiger charge is 2.30. The van der Waals surface area contributed by atoms with E-state index in [0.717, 1.165) is 38.2 Å². The van der Waals surface area contributed by atoms with Gasteiger partial charge in [-0.25, -0.2) is 13.4 Å². The molecule has 0 bridgehead atoms. The van der Waals surface area contributed by atoms with Crippen LogP contribution >= 0.6 is 0 Å². The summed E-state index contributed by atoms with van der Waals surface area (Å²) in [7, 11) is -3.50. The zero-order valence-corrected chi connectivity index (χ0v) is 18.6. The Kier molecular flexibility index (Phi) is 6.41. The molecule has 2 unspecified atom stereocenters. The van der Waals surface area contributed by atoms with E-state index in [-0.39, 0.29) is 17.1 Å². The largest absolute Gasteiger partial charge is 0.372 e. The normalized spacial score (nSPS) is 24.1. The molecule has 2 saturated heterocycles. The van der Waals surface area contributed by atoms with Gasteiger partial charge in [-0.1, -0.05) is 30.3 Å². The third kappa shape index (κ3) is 4.85. The Balaban J connectivity index is 1.38. The Morgan fingerprint density at radius 2 is 1.67 bits per heavy atom. The van der Waals surface area contributed by atoms with Gasteiger partial charge in [0, 0.05) is 32.4 Å². The molecular weight excluding hydrogens is 398 g/mol. The fourth-order valence-corrected chi connectivity index (χ4v) is 5.94. The molecule has 1 aromatic heterocycles. The van der Waals surface area contributed by atoms with Crippen molar-refractivity contribution in [2.75, 3.05) is 31.1 Å². The molecule has 0 radical (unpaired) electrons. The van der Waals surface area contributed by atoms with Crippen molar-refractivity contribution in [2.45, 2.75) is 50.2 Å². The van der Waals surface area contributed by atoms with Crippen LogP contribution in [0.4, 0.5) is 5.82 Å². The number of ether oxygens (including phenoxy) is 1. The zero-order valence-electron chi connectivity index (χ0n) is 17.8. The van der Waals surface area contributed by atoms with Gasteiger partial charge in [0.1, 0.15) is 10.7 Å². The Morgan fingerprint density at radius 1 is 1.00 bits per heavy atom. The number of hydrogen-bond acceptors (Lipinski definition) is 5. The second kappa shape index (κ2) is 9.04. The molecule has 2 aliphatic rings. The van der Waals surface area contributed by atoms with Crippen LogP contribution < -0.4 is 4.90 Å². The predicted octanol–water partition coefficient (Wildman–Crippen LogP) is 3.34. The van der Waals surface area contributed by atoms with Crippen molar-refractivity contribution in [1.82, 2.24) is 9.29 Å². The van der Waals surface area contributed by atoms with E-state index in [2.05, 4.69) is 34.1 Å². The zero-order chi connectivity index (χ0) is 21.1. The van der Waals surface area contributed by atoms with E-state index in [1.165, 1.54) is 11.8 Å². The van der Waals surface area contributed by atoms with Crippen molar-refractivity contribution in [3.05, 3.63) is 54.2 Å². The quantitative estimate of drug-likeness (QED) is 0.730. The third-order valence-electron chi connectivity index (χ3n) is 6.04. The van der Waals surface area contributed by atoms with E-state index < -0.39 is 10.0 Å². The SMILES string of the molecule is CC1CN(c2ccc(S(=O)(=O)N3CCC(Cc4ccccc4)CC3)cn2)CC(C)O1. The van der Waals surface area contributed by atoms with Gasteiger partial charge in [-0.05, 0) is 56.7 Å². The first kappa shape index (κ1) is 21.3. The maximum Gasteiger partial charge on any atom is 0.244 e. The number of benzene rings is 1. The van der Waals surface area contributed by atoms with Gasteiger partial charge in [-0.15, -0.1) is 0 Å². The predicted molar refractivity (Wildman–Crippen MR) is 118 cm³/mol. The summed E-state index contributed by atoms with van der Waals surface area (Å²) in [6.45, 7) is 6.75. The first-order valence-electron chi connectivity index (χ1n) is 10.8. The van der Waals surface area contributed by atoms with E-state index in [1.54, 1.807) is 10.4 Å². The molecule has 6 nitrogen and oxygen atoms in total. The van der Waals surface area contributed by atoms with Crippen molar-refractivity contribution in [2.24, 2.45) is 5.92 Å². The molecule has 7 heteroatoms. The maximum absolute atomic E-state index is 13.1. The lowest BCUT2D eigenvalue weighted by Gasteiger charge is -2.36. The molecule has 2 aromatic rings. The summed E-state index contributed by atoms with van der Waals surface area (Å²) in [6, 6.07) is 13.9. The lowest BCUT2D eigenvalue weighted by molar-refractivity contribution is -0.00546. The lowest BCUT2D eigenvalue weighted by atomic mass is 9.91. The van der Waals surface area contributed by atoms with Crippen LogP contribution in [0.1, 0.15) is 32.3 Å². The Bertz CT molecular complexity index is 916. The number of nitrogens with zero attached hydrogens (tertiary/aromatic N) is 3. The van der Waals surface area contributed by atoms with E-state index in [9.17, 15) is 8.42 Å².